The van der Waals surface area contributed by atoms with Crippen LogP contribution in [0.2, 0.25) is 0 Å². The van der Waals surface area contributed by atoms with Gasteiger partial charge in [0, 0.05) is 6.42 Å². The third-order valence-electron chi connectivity index (χ3n) is 5.83. The van der Waals surface area contributed by atoms with Gasteiger partial charge >= 0.3 is 0 Å². The number of nitrogens with zero attached hydrogens (tertiary/aromatic N) is 5. The van der Waals surface area contributed by atoms with Gasteiger partial charge in [0.05, 0.1) is 31.9 Å². The van der Waals surface area contributed by atoms with Crippen LogP contribution in [0.25, 0.3) is 17.3 Å². The van der Waals surface area contributed by atoms with Gasteiger partial charge in [0.15, 0.2) is 27.2 Å². The van der Waals surface area contributed by atoms with Crippen molar-refractivity contribution in [3.8, 4) is 28.8 Å². The fourth-order valence-corrected chi connectivity index (χ4v) is 4.92. The van der Waals surface area contributed by atoms with Crippen molar-refractivity contribution in [3.63, 3.8) is 0 Å². The summed E-state index contributed by atoms with van der Waals surface area (Å²) in [5.41, 5.74) is 1.35. The van der Waals surface area contributed by atoms with Crippen LogP contribution in [-0.4, -0.2) is 52.6 Å². The molecule has 4 aromatic rings. The molecule has 36 heavy (non-hydrogen) atoms. The maximum absolute atomic E-state index is 13.4. The standard InChI is InChI=1S/C24H26FN5O5S/c1-14-9-20(35-16(14)3)24-29-28-22(30(24)23-18(33-4)7-6-8-19(23)34-5)13-36(31,32)15(2)10-21-26-11-17(25)12-27-21/h6-9,11-12,15H,10,13H2,1-5H3/t15-/m0/s1. The van der Waals surface area contributed by atoms with Crippen molar-refractivity contribution in [2.24, 2.45) is 0 Å². The number of hydrogen-bond acceptors (Lipinski definition) is 9. The first kappa shape index (κ1) is 25.3. The van der Waals surface area contributed by atoms with Crippen molar-refractivity contribution in [1.29, 1.82) is 0 Å². The maximum Gasteiger partial charge on any atom is 0.204 e. The first-order valence-electron chi connectivity index (χ1n) is 11.1. The number of para-hydroxylation sites is 1. The van der Waals surface area contributed by atoms with Gasteiger partial charge in [0.1, 0.15) is 34.5 Å². The number of aryl methyl sites for hydroxylation is 2. The molecule has 0 amide bonds. The number of hydrogen-bond donors (Lipinski definition) is 0. The van der Waals surface area contributed by atoms with Crippen molar-refractivity contribution >= 4 is 9.84 Å². The second-order valence-corrected chi connectivity index (χ2v) is 10.7. The first-order valence-corrected chi connectivity index (χ1v) is 12.8. The monoisotopic (exact) mass is 515 g/mol. The summed E-state index contributed by atoms with van der Waals surface area (Å²) in [4.78, 5) is 7.75. The summed E-state index contributed by atoms with van der Waals surface area (Å²) in [6, 6.07) is 7.03. The van der Waals surface area contributed by atoms with Gasteiger partial charge in [-0.2, -0.15) is 0 Å². The molecule has 3 heterocycles. The fraction of sp³-hybridized carbons (Fsp3) is 0.333. The molecule has 0 spiro atoms. The van der Waals surface area contributed by atoms with Gasteiger partial charge in [-0.3, -0.25) is 4.57 Å². The van der Waals surface area contributed by atoms with E-state index in [1.165, 1.54) is 14.2 Å². The summed E-state index contributed by atoms with van der Waals surface area (Å²) in [7, 11) is -0.763. The van der Waals surface area contributed by atoms with Gasteiger partial charge in [0.25, 0.3) is 0 Å². The molecule has 0 aliphatic heterocycles. The molecule has 0 saturated carbocycles. The maximum atomic E-state index is 13.4. The second-order valence-electron chi connectivity index (χ2n) is 8.28. The average molecular weight is 516 g/mol. The van der Waals surface area contributed by atoms with E-state index in [0.717, 1.165) is 18.0 Å². The summed E-state index contributed by atoms with van der Waals surface area (Å²) < 4.78 is 58.5. The molecular formula is C24H26FN5O5S. The molecule has 4 rings (SSSR count). The largest absolute Gasteiger partial charge is 0.494 e. The minimum atomic E-state index is -3.77. The highest BCUT2D eigenvalue weighted by Crippen LogP contribution is 2.37. The van der Waals surface area contributed by atoms with Gasteiger partial charge in [-0.15, -0.1) is 10.2 Å². The van der Waals surface area contributed by atoms with Crippen molar-refractivity contribution in [2.75, 3.05) is 14.2 Å². The van der Waals surface area contributed by atoms with Crippen LogP contribution in [0.1, 0.15) is 29.9 Å². The Balaban J connectivity index is 1.81. The molecule has 0 saturated heterocycles. The number of ether oxygens (including phenoxy) is 2. The molecule has 0 aliphatic rings. The molecular weight excluding hydrogens is 489 g/mol. The number of benzene rings is 1. The van der Waals surface area contributed by atoms with Gasteiger partial charge in [-0.05, 0) is 44.5 Å². The average Bonchev–Trinajstić information content (AvgIpc) is 3.41. The van der Waals surface area contributed by atoms with E-state index < -0.39 is 26.7 Å². The zero-order valence-corrected chi connectivity index (χ0v) is 21.3. The molecule has 0 fully saturated rings. The molecule has 0 unspecified atom stereocenters. The van der Waals surface area contributed by atoms with Crippen LogP contribution < -0.4 is 9.47 Å². The zero-order valence-electron chi connectivity index (χ0n) is 20.5. The molecule has 190 valence electrons. The van der Waals surface area contributed by atoms with Crippen molar-refractivity contribution in [2.45, 2.75) is 38.2 Å². The Kier molecular flexibility index (Phi) is 7.07. The Morgan fingerprint density at radius 3 is 2.28 bits per heavy atom. The second kappa shape index (κ2) is 10.1. The first-order chi connectivity index (χ1) is 17.1. The van der Waals surface area contributed by atoms with E-state index in [-0.39, 0.29) is 18.1 Å². The normalized spacial score (nSPS) is 12.5. The van der Waals surface area contributed by atoms with Crippen LogP contribution in [0.3, 0.4) is 0 Å². The highest BCUT2D eigenvalue weighted by atomic mass is 32.2. The highest BCUT2D eigenvalue weighted by Gasteiger charge is 2.30. The highest BCUT2D eigenvalue weighted by molar-refractivity contribution is 7.91. The summed E-state index contributed by atoms with van der Waals surface area (Å²) in [5, 5.41) is 7.64. The van der Waals surface area contributed by atoms with E-state index in [1.54, 1.807) is 29.7 Å². The third kappa shape index (κ3) is 4.94. The lowest BCUT2D eigenvalue weighted by molar-refractivity contribution is 0.390. The fourth-order valence-electron chi connectivity index (χ4n) is 3.69. The number of sulfone groups is 1. The Morgan fingerprint density at radius 1 is 1.08 bits per heavy atom. The molecule has 0 radical (unpaired) electrons. The quantitative estimate of drug-likeness (QED) is 0.329. The Bertz CT molecular complexity index is 1440. The Morgan fingerprint density at radius 2 is 1.72 bits per heavy atom. The number of methoxy groups -OCH3 is 2. The third-order valence-corrected chi connectivity index (χ3v) is 7.88. The van der Waals surface area contributed by atoms with Gasteiger partial charge < -0.3 is 13.9 Å². The van der Waals surface area contributed by atoms with Crippen molar-refractivity contribution in [3.05, 3.63) is 65.4 Å². The molecule has 10 nitrogen and oxygen atoms in total. The number of furan rings is 1. The van der Waals surface area contributed by atoms with E-state index in [9.17, 15) is 12.8 Å². The molecule has 1 aromatic carbocycles. The topological polar surface area (TPSA) is 122 Å². The molecule has 3 aromatic heterocycles. The Hall–Kier alpha value is -3.80. The summed E-state index contributed by atoms with van der Waals surface area (Å²) in [6.07, 6.45) is 2.02. The van der Waals surface area contributed by atoms with Gasteiger partial charge in [-0.25, -0.2) is 22.8 Å². The molecule has 12 heteroatoms. The van der Waals surface area contributed by atoms with E-state index >= 15 is 0 Å². The summed E-state index contributed by atoms with van der Waals surface area (Å²) >= 11 is 0. The zero-order chi connectivity index (χ0) is 26.0. The van der Waals surface area contributed by atoms with E-state index in [1.807, 2.05) is 19.9 Å². The SMILES string of the molecule is COc1cccc(OC)c1-n1c(CS(=O)(=O)[C@@H](C)Cc2ncc(F)cn2)nnc1-c1cc(C)c(C)o1. The molecule has 1 atom stereocenters. The van der Waals surface area contributed by atoms with E-state index in [0.29, 0.717) is 34.5 Å². The van der Waals surface area contributed by atoms with E-state index in [4.69, 9.17) is 13.9 Å². The number of halogens is 1. The van der Waals surface area contributed by atoms with E-state index in [2.05, 4.69) is 20.2 Å². The van der Waals surface area contributed by atoms with Crippen molar-refractivity contribution < 1.29 is 26.7 Å². The molecule has 0 aliphatic carbocycles. The van der Waals surface area contributed by atoms with Gasteiger partial charge in [0.2, 0.25) is 5.82 Å². The predicted molar refractivity (Wildman–Crippen MR) is 129 cm³/mol. The van der Waals surface area contributed by atoms with Gasteiger partial charge in [-0.1, -0.05) is 6.07 Å². The number of aromatic nitrogens is 5. The molecule has 0 N–H and O–H groups in total. The lowest BCUT2D eigenvalue weighted by Crippen LogP contribution is -2.24. The smallest absolute Gasteiger partial charge is 0.204 e. The van der Waals surface area contributed by atoms with Crippen LogP contribution in [0.5, 0.6) is 11.5 Å². The van der Waals surface area contributed by atoms with Crippen LogP contribution in [-0.2, 0) is 22.0 Å². The van der Waals surface area contributed by atoms with Crippen LogP contribution >= 0.6 is 0 Å². The minimum absolute atomic E-state index is 0.0121. The summed E-state index contributed by atoms with van der Waals surface area (Å²) in [5.74, 6) is 1.62. The minimum Gasteiger partial charge on any atom is -0.494 e. The summed E-state index contributed by atoms with van der Waals surface area (Å²) in [6.45, 7) is 5.28. The van der Waals surface area contributed by atoms with Crippen LogP contribution in [0, 0.1) is 19.7 Å². The predicted octanol–water partition coefficient (Wildman–Crippen LogP) is 3.64. The lowest BCUT2D eigenvalue weighted by Gasteiger charge is -2.17. The van der Waals surface area contributed by atoms with Crippen LogP contribution in [0.4, 0.5) is 4.39 Å². The molecule has 0 bridgehead atoms. The Labute approximate surface area is 208 Å². The lowest BCUT2D eigenvalue weighted by atomic mass is 10.2. The van der Waals surface area contributed by atoms with Crippen LogP contribution in [0.15, 0.2) is 41.1 Å². The van der Waals surface area contributed by atoms with Crippen molar-refractivity contribution in [1.82, 2.24) is 24.7 Å². The number of rotatable bonds is 9.